The van der Waals surface area contributed by atoms with Gasteiger partial charge in [-0.15, -0.1) is 0 Å². The number of hydrogen-bond donors (Lipinski definition) is 1. The van der Waals surface area contributed by atoms with Crippen molar-refractivity contribution < 1.29 is 9.13 Å². The lowest BCUT2D eigenvalue weighted by Crippen LogP contribution is -2.25. The van der Waals surface area contributed by atoms with E-state index in [0.717, 1.165) is 6.54 Å². The lowest BCUT2D eigenvalue weighted by atomic mass is 10.3. The molecule has 0 heterocycles. The van der Waals surface area contributed by atoms with Crippen LogP contribution in [0.3, 0.4) is 0 Å². The lowest BCUT2D eigenvalue weighted by molar-refractivity contribution is 0.220. The van der Waals surface area contributed by atoms with E-state index in [-0.39, 0.29) is 11.9 Å². The van der Waals surface area contributed by atoms with E-state index in [9.17, 15) is 4.39 Å². The summed E-state index contributed by atoms with van der Waals surface area (Å²) in [6.07, 6.45) is 0.0480. The molecule has 0 saturated heterocycles. The zero-order valence-electron chi connectivity index (χ0n) is 7.88. The topological polar surface area (TPSA) is 21.3 Å². The van der Waals surface area contributed by atoms with E-state index in [2.05, 4.69) is 5.32 Å². The predicted octanol–water partition coefficient (Wildman–Crippen LogP) is 1.81. The van der Waals surface area contributed by atoms with Gasteiger partial charge in [-0.25, -0.2) is 4.39 Å². The van der Waals surface area contributed by atoms with Crippen molar-refractivity contribution in [2.45, 2.75) is 13.0 Å². The summed E-state index contributed by atoms with van der Waals surface area (Å²) in [5.41, 5.74) is 0. The zero-order valence-corrected chi connectivity index (χ0v) is 7.88. The van der Waals surface area contributed by atoms with Crippen LogP contribution >= 0.6 is 0 Å². The minimum Gasteiger partial charge on any atom is -0.489 e. The Labute approximate surface area is 77.7 Å². The Morgan fingerprint density at radius 1 is 1.54 bits per heavy atom. The third-order valence-corrected chi connectivity index (χ3v) is 1.62. The van der Waals surface area contributed by atoms with Gasteiger partial charge < -0.3 is 10.1 Å². The summed E-state index contributed by atoms with van der Waals surface area (Å²) >= 11 is 0. The molecule has 1 aromatic rings. The van der Waals surface area contributed by atoms with Crippen molar-refractivity contribution >= 4 is 0 Å². The Morgan fingerprint density at radius 2 is 2.31 bits per heavy atom. The van der Waals surface area contributed by atoms with Crippen LogP contribution in [0.4, 0.5) is 4.39 Å². The Morgan fingerprint density at radius 3 is 2.92 bits per heavy atom. The van der Waals surface area contributed by atoms with Gasteiger partial charge in [-0.2, -0.15) is 0 Å². The van der Waals surface area contributed by atoms with Gasteiger partial charge >= 0.3 is 0 Å². The lowest BCUT2D eigenvalue weighted by Gasteiger charge is -2.13. The first kappa shape index (κ1) is 9.99. The quantitative estimate of drug-likeness (QED) is 0.768. The average Bonchev–Trinajstić information content (AvgIpc) is 2.04. The highest BCUT2D eigenvalue weighted by molar-refractivity contribution is 5.22. The highest BCUT2D eigenvalue weighted by Gasteiger charge is 2.02. The fourth-order valence-electron chi connectivity index (χ4n) is 1.10. The van der Waals surface area contributed by atoms with Gasteiger partial charge in [-0.1, -0.05) is 6.07 Å². The highest BCUT2D eigenvalue weighted by atomic mass is 19.1. The molecule has 1 aromatic carbocycles. The Bertz CT molecular complexity index is 265. The number of hydrogen-bond acceptors (Lipinski definition) is 2. The molecular formula is C10H14FNO. The van der Waals surface area contributed by atoms with Gasteiger partial charge in [0.25, 0.3) is 0 Å². The third-order valence-electron chi connectivity index (χ3n) is 1.62. The summed E-state index contributed by atoms with van der Waals surface area (Å²) in [6.45, 7) is 2.68. The van der Waals surface area contributed by atoms with E-state index >= 15 is 0 Å². The van der Waals surface area contributed by atoms with Crippen LogP contribution in [0, 0.1) is 5.82 Å². The predicted molar refractivity (Wildman–Crippen MR) is 50.4 cm³/mol. The highest BCUT2D eigenvalue weighted by Crippen LogP contribution is 2.13. The van der Waals surface area contributed by atoms with Crippen molar-refractivity contribution in [1.82, 2.24) is 5.32 Å². The molecule has 2 nitrogen and oxygen atoms in total. The Hall–Kier alpha value is -1.09. The van der Waals surface area contributed by atoms with Crippen LogP contribution in [0.15, 0.2) is 24.3 Å². The van der Waals surface area contributed by atoms with Gasteiger partial charge in [0.05, 0.1) is 0 Å². The van der Waals surface area contributed by atoms with Crippen molar-refractivity contribution in [2.75, 3.05) is 13.6 Å². The van der Waals surface area contributed by atoms with Crippen LogP contribution in [0.5, 0.6) is 5.75 Å². The molecule has 1 unspecified atom stereocenters. The maximum atomic E-state index is 12.7. The molecule has 0 aliphatic rings. The third kappa shape index (κ3) is 3.42. The number of benzene rings is 1. The SMILES string of the molecule is CNCC(C)Oc1cccc(F)c1. The molecule has 1 N–H and O–H groups in total. The van der Waals surface area contributed by atoms with E-state index in [4.69, 9.17) is 4.74 Å². The fraction of sp³-hybridized carbons (Fsp3) is 0.400. The molecule has 0 aliphatic heterocycles. The summed E-state index contributed by atoms with van der Waals surface area (Å²) in [5, 5.41) is 2.98. The number of ether oxygens (including phenoxy) is 1. The van der Waals surface area contributed by atoms with Crippen LogP contribution in [-0.4, -0.2) is 19.7 Å². The number of rotatable bonds is 4. The standard InChI is InChI=1S/C10H14FNO/c1-8(7-12-2)13-10-5-3-4-9(11)6-10/h3-6,8,12H,7H2,1-2H3. The van der Waals surface area contributed by atoms with Gasteiger partial charge in [0.2, 0.25) is 0 Å². The van der Waals surface area contributed by atoms with Crippen molar-refractivity contribution in [3.8, 4) is 5.75 Å². The molecule has 0 aromatic heterocycles. The molecule has 0 fully saturated rings. The van der Waals surface area contributed by atoms with Crippen LogP contribution in [-0.2, 0) is 0 Å². The van der Waals surface area contributed by atoms with Crippen LogP contribution in [0.1, 0.15) is 6.92 Å². The minimum absolute atomic E-state index is 0.0480. The van der Waals surface area contributed by atoms with Gasteiger partial charge in [0.15, 0.2) is 0 Å². The van der Waals surface area contributed by atoms with E-state index in [0.29, 0.717) is 5.75 Å². The maximum Gasteiger partial charge on any atom is 0.126 e. The van der Waals surface area contributed by atoms with Gasteiger partial charge in [0, 0.05) is 12.6 Å². The first-order valence-corrected chi connectivity index (χ1v) is 4.29. The second-order valence-corrected chi connectivity index (χ2v) is 2.94. The molecule has 0 saturated carbocycles. The van der Waals surface area contributed by atoms with Crippen molar-refractivity contribution in [2.24, 2.45) is 0 Å². The molecule has 1 atom stereocenters. The monoisotopic (exact) mass is 183 g/mol. The molecule has 0 bridgehead atoms. The molecule has 72 valence electrons. The molecule has 0 amide bonds. The van der Waals surface area contributed by atoms with Crippen LogP contribution in [0.2, 0.25) is 0 Å². The van der Waals surface area contributed by atoms with E-state index in [1.54, 1.807) is 12.1 Å². The summed E-state index contributed by atoms with van der Waals surface area (Å²) in [4.78, 5) is 0. The number of likely N-dealkylation sites (N-methyl/N-ethyl adjacent to an activating group) is 1. The van der Waals surface area contributed by atoms with E-state index in [1.165, 1.54) is 12.1 Å². The van der Waals surface area contributed by atoms with Crippen molar-refractivity contribution in [3.63, 3.8) is 0 Å². The molecular weight excluding hydrogens is 169 g/mol. The summed E-state index contributed by atoms with van der Waals surface area (Å²) in [5.74, 6) is 0.303. The molecule has 1 rings (SSSR count). The first-order valence-electron chi connectivity index (χ1n) is 4.29. The summed E-state index contributed by atoms with van der Waals surface area (Å²) < 4.78 is 18.1. The molecule has 3 heteroatoms. The van der Waals surface area contributed by atoms with Gasteiger partial charge in [0.1, 0.15) is 17.7 Å². The van der Waals surface area contributed by atoms with E-state index < -0.39 is 0 Å². The zero-order chi connectivity index (χ0) is 9.68. The average molecular weight is 183 g/mol. The Kier molecular flexibility index (Phi) is 3.71. The molecule has 0 spiro atoms. The summed E-state index contributed by atoms with van der Waals surface area (Å²) in [6, 6.07) is 6.16. The largest absolute Gasteiger partial charge is 0.489 e. The normalized spacial score (nSPS) is 12.5. The first-order chi connectivity index (χ1) is 6.22. The van der Waals surface area contributed by atoms with Gasteiger partial charge in [-0.05, 0) is 26.1 Å². The van der Waals surface area contributed by atoms with Gasteiger partial charge in [-0.3, -0.25) is 0 Å². The molecule has 13 heavy (non-hydrogen) atoms. The summed E-state index contributed by atoms with van der Waals surface area (Å²) in [7, 11) is 1.85. The van der Waals surface area contributed by atoms with Crippen LogP contribution in [0.25, 0.3) is 0 Å². The molecule has 0 radical (unpaired) electrons. The second-order valence-electron chi connectivity index (χ2n) is 2.94. The Balaban J connectivity index is 2.53. The minimum atomic E-state index is -0.269. The van der Waals surface area contributed by atoms with Crippen molar-refractivity contribution in [3.05, 3.63) is 30.1 Å². The second kappa shape index (κ2) is 4.82. The van der Waals surface area contributed by atoms with Crippen LogP contribution < -0.4 is 10.1 Å². The molecule has 0 aliphatic carbocycles. The maximum absolute atomic E-state index is 12.7. The fourth-order valence-corrected chi connectivity index (χ4v) is 1.10. The van der Waals surface area contributed by atoms with E-state index in [1.807, 2.05) is 14.0 Å². The smallest absolute Gasteiger partial charge is 0.126 e. The number of nitrogens with one attached hydrogen (secondary N) is 1. The van der Waals surface area contributed by atoms with Crippen molar-refractivity contribution in [1.29, 1.82) is 0 Å². The number of halogens is 1.